The summed E-state index contributed by atoms with van der Waals surface area (Å²) in [6.45, 7) is 19.4. The summed E-state index contributed by atoms with van der Waals surface area (Å²) in [7, 11) is -2.16. The lowest BCUT2D eigenvalue weighted by atomic mass is 9.84. The van der Waals surface area contributed by atoms with Crippen LogP contribution in [-0.4, -0.2) is 20.4 Å². The fourth-order valence-electron chi connectivity index (χ4n) is 4.37. The lowest BCUT2D eigenvalue weighted by Crippen LogP contribution is -2.50. The maximum absolute atomic E-state index is 12.6. The summed E-state index contributed by atoms with van der Waals surface area (Å²) in [4.78, 5) is 12.6. The number of carbonyl (C=O) groups excluding carboxylic acids is 1. The molecule has 0 aliphatic rings. The molecule has 0 fully saturated rings. The fraction of sp³-hybridized carbons (Fsp3) is 0.560. The summed E-state index contributed by atoms with van der Waals surface area (Å²) in [5.41, 5.74) is 1.14. The van der Waals surface area contributed by atoms with E-state index >= 15 is 0 Å². The summed E-state index contributed by atoms with van der Waals surface area (Å²) in [5, 5.41) is 0. The minimum Gasteiger partial charge on any atom is -0.545 e. The largest absolute Gasteiger partial charge is 0.545 e. The molecule has 0 heterocycles. The third kappa shape index (κ3) is 5.33. The molecule has 4 heteroatoms. The van der Waals surface area contributed by atoms with E-state index in [-0.39, 0.29) is 0 Å². The molecule has 3 nitrogen and oxygen atoms in total. The van der Waals surface area contributed by atoms with E-state index in [0.717, 1.165) is 5.76 Å². The topological polar surface area (TPSA) is 35.5 Å². The van der Waals surface area contributed by atoms with Crippen LogP contribution in [-0.2, 0) is 9.16 Å². The molecule has 1 unspecified atom stereocenters. The first-order valence-electron chi connectivity index (χ1n) is 10.5. The maximum Gasteiger partial charge on any atom is 0.339 e. The molecule has 0 radical (unpaired) electrons. The van der Waals surface area contributed by atoms with E-state index in [1.54, 1.807) is 24.3 Å². The van der Waals surface area contributed by atoms with Crippen LogP contribution in [0.3, 0.4) is 0 Å². The smallest absolute Gasteiger partial charge is 0.339 e. The SMILES string of the molecule is C#CC(OC(=O)c1ccccc1)C(C)(C)/C(=C\C)O[Si](C(C)C)(C(C)C)C(C)C. The van der Waals surface area contributed by atoms with Gasteiger partial charge in [0.1, 0.15) is 0 Å². The zero-order chi connectivity index (χ0) is 22.4. The molecular formula is C25H38O3Si. The highest BCUT2D eigenvalue weighted by atomic mass is 28.4. The highest BCUT2D eigenvalue weighted by molar-refractivity contribution is 6.77. The second kappa shape index (κ2) is 10.2. The van der Waals surface area contributed by atoms with Crippen LogP contribution in [0, 0.1) is 17.8 Å². The second-order valence-electron chi connectivity index (χ2n) is 9.11. The van der Waals surface area contributed by atoms with Gasteiger partial charge in [-0.1, -0.05) is 71.7 Å². The van der Waals surface area contributed by atoms with Crippen molar-refractivity contribution in [3.8, 4) is 12.3 Å². The Labute approximate surface area is 179 Å². The van der Waals surface area contributed by atoms with Crippen molar-refractivity contribution in [2.75, 3.05) is 0 Å². The quantitative estimate of drug-likeness (QED) is 0.189. The monoisotopic (exact) mass is 414 g/mol. The molecule has 0 bridgehead atoms. The van der Waals surface area contributed by atoms with Gasteiger partial charge in [0.2, 0.25) is 0 Å². The number of carbonyl (C=O) groups is 1. The Morgan fingerprint density at radius 2 is 1.52 bits per heavy atom. The van der Waals surface area contributed by atoms with Crippen molar-refractivity contribution in [2.45, 2.75) is 85.0 Å². The van der Waals surface area contributed by atoms with E-state index in [1.165, 1.54) is 0 Å². The molecule has 0 saturated heterocycles. The van der Waals surface area contributed by atoms with Crippen LogP contribution in [0.4, 0.5) is 0 Å². The highest BCUT2D eigenvalue weighted by Crippen LogP contribution is 2.47. The van der Waals surface area contributed by atoms with Gasteiger partial charge < -0.3 is 9.16 Å². The Morgan fingerprint density at radius 3 is 1.90 bits per heavy atom. The van der Waals surface area contributed by atoms with Gasteiger partial charge in [-0.3, -0.25) is 0 Å². The Morgan fingerprint density at radius 1 is 1.03 bits per heavy atom. The van der Waals surface area contributed by atoms with E-state index in [4.69, 9.17) is 15.6 Å². The number of allylic oxidation sites excluding steroid dienone is 1. The molecule has 29 heavy (non-hydrogen) atoms. The van der Waals surface area contributed by atoms with Gasteiger partial charge in [0.05, 0.1) is 16.7 Å². The maximum atomic E-state index is 12.6. The molecule has 1 aromatic rings. The fourth-order valence-corrected chi connectivity index (χ4v) is 9.84. The zero-order valence-electron chi connectivity index (χ0n) is 19.6. The van der Waals surface area contributed by atoms with Crippen molar-refractivity contribution in [3.63, 3.8) is 0 Å². The van der Waals surface area contributed by atoms with Crippen LogP contribution < -0.4 is 0 Å². The van der Waals surface area contributed by atoms with Gasteiger partial charge in [0.15, 0.2) is 6.10 Å². The van der Waals surface area contributed by atoms with Gasteiger partial charge in [-0.05, 0) is 49.5 Å². The van der Waals surface area contributed by atoms with Crippen molar-refractivity contribution < 1.29 is 14.0 Å². The number of esters is 1. The van der Waals surface area contributed by atoms with Gasteiger partial charge in [-0.2, -0.15) is 0 Å². The van der Waals surface area contributed by atoms with Gasteiger partial charge in [0.25, 0.3) is 8.32 Å². The first kappa shape index (κ1) is 25.0. The molecule has 1 rings (SSSR count). The van der Waals surface area contributed by atoms with Gasteiger partial charge in [0, 0.05) is 0 Å². The third-order valence-corrected chi connectivity index (χ3v) is 11.9. The Balaban J connectivity index is 3.24. The summed E-state index contributed by atoms with van der Waals surface area (Å²) in [6.07, 6.45) is 7.07. The lowest BCUT2D eigenvalue weighted by molar-refractivity contribution is 0.0139. The molecule has 0 amide bonds. The highest BCUT2D eigenvalue weighted by Gasteiger charge is 2.49. The van der Waals surface area contributed by atoms with Gasteiger partial charge in [-0.25, -0.2) is 4.79 Å². The summed E-state index contributed by atoms with van der Waals surface area (Å²) in [5.74, 6) is 3.07. The first-order valence-corrected chi connectivity index (χ1v) is 12.7. The van der Waals surface area contributed by atoms with E-state index in [2.05, 4.69) is 47.5 Å². The number of hydrogen-bond donors (Lipinski definition) is 0. The zero-order valence-corrected chi connectivity index (χ0v) is 20.6. The van der Waals surface area contributed by atoms with E-state index in [0.29, 0.717) is 22.2 Å². The lowest BCUT2D eigenvalue weighted by Gasteiger charge is -2.46. The summed E-state index contributed by atoms with van der Waals surface area (Å²) < 4.78 is 12.7. The molecule has 0 aromatic heterocycles. The predicted molar refractivity (Wildman–Crippen MR) is 124 cm³/mol. The van der Waals surface area contributed by atoms with Crippen molar-refractivity contribution in [3.05, 3.63) is 47.7 Å². The molecule has 0 saturated carbocycles. The average Bonchev–Trinajstić information content (AvgIpc) is 2.66. The number of rotatable bonds is 9. The number of terminal acetylenes is 1. The van der Waals surface area contributed by atoms with Crippen molar-refractivity contribution in [2.24, 2.45) is 5.41 Å². The Kier molecular flexibility index (Phi) is 8.77. The van der Waals surface area contributed by atoms with Crippen LogP contribution >= 0.6 is 0 Å². The van der Waals surface area contributed by atoms with Crippen LogP contribution in [0.25, 0.3) is 0 Å². The molecule has 1 atom stereocenters. The van der Waals surface area contributed by atoms with Crippen LogP contribution in [0.1, 0.15) is 72.7 Å². The van der Waals surface area contributed by atoms with Gasteiger partial charge in [-0.15, -0.1) is 6.42 Å². The standard InChI is InChI=1S/C25H38O3Si/c1-11-22(27-24(26)21-16-14-13-15-17-21)25(9,10)23(12-2)28-29(18(3)4,19(5)6)20(7)8/h1,12-20,22H,2-10H3/b23-12+. The molecule has 1 aromatic carbocycles. The molecular weight excluding hydrogens is 376 g/mol. The third-order valence-electron chi connectivity index (χ3n) is 5.93. The molecule has 160 valence electrons. The average molecular weight is 415 g/mol. The van der Waals surface area contributed by atoms with Crippen molar-refractivity contribution >= 4 is 14.3 Å². The minimum atomic E-state index is -2.16. The first-order chi connectivity index (χ1) is 13.4. The van der Waals surface area contributed by atoms with E-state index in [9.17, 15) is 4.79 Å². The number of hydrogen-bond acceptors (Lipinski definition) is 3. The Bertz CT molecular complexity index is 717. The van der Waals surface area contributed by atoms with Crippen LogP contribution in [0.2, 0.25) is 16.6 Å². The van der Waals surface area contributed by atoms with E-state index < -0.39 is 25.8 Å². The van der Waals surface area contributed by atoms with Crippen LogP contribution in [0.5, 0.6) is 0 Å². The molecule has 0 N–H and O–H groups in total. The molecule has 0 aliphatic carbocycles. The predicted octanol–water partition coefficient (Wildman–Crippen LogP) is 6.97. The number of benzene rings is 1. The van der Waals surface area contributed by atoms with Crippen molar-refractivity contribution in [1.29, 1.82) is 0 Å². The summed E-state index contributed by atoms with van der Waals surface area (Å²) in [6, 6.07) is 8.93. The minimum absolute atomic E-state index is 0.419. The Hall–Kier alpha value is -1.99. The normalized spacial score (nSPS) is 14.1. The summed E-state index contributed by atoms with van der Waals surface area (Å²) >= 11 is 0. The second-order valence-corrected chi connectivity index (χ2v) is 14.5. The van der Waals surface area contributed by atoms with E-state index in [1.807, 2.05) is 32.9 Å². The molecule has 0 aliphatic heterocycles. The van der Waals surface area contributed by atoms with Gasteiger partial charge >= 0.3 is 5.97 Å². The van der Waals surface area contributed by atoms with Crippen LogP contribution in [0.15, 0.2) is 42.2 Å². The molecule has 0 spiro atoms. The van der Waals surface area contributed by atoms with Crippen molar-refractivity contribution in [1.82, 2.24) is 0 Å². The number of ether oxygens (including phenoxy) is 1.